The van der Waals surface area contributed by atoms with Gasteiger partial charge in [-0.15, -0.1) is 0 Å². The summed E-state index contributed by atoms with van der Waals surface area (Å²) >= 11 is 3.11. The summed E-state index contributed by atoms with van der Waals surface area (Å²) in [5.41, 5.74) is 0. The number of piperidine rings is 1. The van der Waals surface area contributed by atoms with Crippen LogP contribution in [0, 0.1) is 0 Å². The first kappa shape index (κ1) is 15.1. The Balaban J connectivity index is 1.86. The second-order valence-electron chi connectivity index (χ2n) is 4.71. The van der Waals surface area contributed by atoms with Gasteiger partial charge in [-0.2, -0.15) is 0 Å². The fraction of sp³-hybridized carbons (Fsp3) is 0.538. The Morgan fingerprint density at radius 2 is 2.25 bits per heavy atom. The van der Waals surface area contributed by atoms with Gasteiger partial charge in [0, 0.05) is 6.54 Å². The summed E-state index contributed by atoms with van der Waals surface area (Å²) in [6.45, 7) is 0.505. The van der Waals surface area contributed by atoms with E-state index < -0.39 is 5.91 Å². The van der Waals surface area contributed by atoms with Crippen LogP contribution in [0.4, 0.5) is 0 Å². The minimum Gasteiger partial charge on any atom is -0.444 e. The summed E-state index contributed by atoms with van der Waals surface area (Å²) in [6, 6.07) is 3.01. The number of likely N-dealkylation sites (tertiary alicyclic amines) is 1. The van der Waals surface area contributed by atoms with Gasteiger partial charge in [-0.05, 0) is 47.3 Å². The molecule has 0 aliphatic carbocycles. The van der Waals surface area contributed by atoms with E-state index in [4.69, 9.17) is 4.42 Å². The Morgan fingerprint density at radius 1 is 1.45 bits per heavy atom. The number of aliphatic hydroxyl groups is 1. The maximum Gasteiger partial charge on any atom is 0.287 e. The van der Waals surface area contributed by atoms with Gasteiger partial charge in [-0.25, -0.2) is 0 Å². The number of hydrogen-bond acceptors (Lipinski definition) is 4. The van der Waals surface area contributed by atoms with E-state index in [9.17, 15) is 14.7 Å². The molecule has 1 unspecified atom stereocenters. The molecule has 110 valence electrons. The fourth-order valence-corrected chi connectivity index (χ4v) is 2.61. The SMILES string of the molecule is O=C(NCC(=O)N1CCCCC1CO)c1ccc(Br)o1. The zero-order valence-electron chi connectivity index (χ0n) is 11.0. The van der Waals surface area contributed by atoms with Crippen LogP contribution in [0.25, 0.3) is 0 Å². The Labute approximate surface area is 125 Å². The molecule has 1 aliphatic heterocycles. The number of nitrogens with one attached hydrogen (secondary N) is 1. The van der Waals surface area contributed by atoms with Crippen molar-refractivity contribution in [2.75, 3.05) is 19.7 Å². The van der Waals surface area contributed by atoms with Crippen LogP contribution in [0.5, 0.6) is 0 Å². The van der Waals surface area contributed by atoms with Crippen LogP contribution in [0.15, 0.2) is 21.2 Å². The second-order valence-corrected chi connectivity index (χ2v) is 5.49. The Bertz CT molecular complexity index is 488. The van der Waals surface area contributed by atoms with Gasteiger partial charge >= 0.3 is 0 Å². The molecule has 2 rings (SSSR count). The van der Waals surface area contributed by atoms with Gasteiger partial charge in [0.15, 0.2) is 10.4 Å². The van der Waals surface area contributed by atoms with E-state index in [1.807, 2.05) is 0 Å². The average Bonchev–Trinajstić information content (AvgIpc) is 2.91. The number of amides is 2. The number of rotatable bonds is 4. The molecule has 1 atom stereocenters. The van der Waals surface area contributed by atoms with Crippen LogP contribution in [-0.4, -0.2) is 47.6 Å². The molecule has 1 aromatic rings. The summed E-state index contributed by atoms with van der Waals surface area (Å²) in [5, 5.41) is 11.8. The highest BCUT2D eigenvalue weighted by Gasteiger charge is 2.26. The largest absolute Gasteiger partial charge is 0.444 e. The molecular formula is C13H17BrN2O4. The monoisotopic (exact) mass is 344 g/mol. The van der Waals surface area contributed by atoms with Crippen molar-refractivity contribution in [1.29, 1.82) is 0 Å². The molecule has 2 amide bonds. The third-order valence-electron chi connectivity index (χ3n) is 3.36. The van der Waals surface area contributed by atoms with E-state index in [-0.39, 0.29) is 30.9 Å². The lowest BCUT2D eigenvalue weighted by Gasteiger charge is -2.34. The Hall–Kier alpha value is -1.34. The number of aliphatic hydroxyl groups excluding tert-OH is 1. The van der Waals surface area contributed by atoms with E-state index in [2.05, 4.69) is 21.2 Å². The molecule has 0 radical (unpaired) electrons. The zero-order valence-corrected chi connectivity index (χ0v) is 12.6. The number of nitrogens with zero attached hydrogens (tertiary/aromatic N) is 1. The predicted molar refractivity (Wildman–Crippen MR) is 75.2 cm³/mol. The molecule has 0 saturated carbocycles. The maximum atomic E-state index is 12.1. The van der Waals surface area contributed by atoms with Gasteiger partial charge in [-0.1, -0.05) is 0 Å². The van der Waals surface area contributed by atoms with Crippen molar-refractivity contribution >= 4 is 27.7 Å². The van der Waals surface area contributed by atoms with Crippen LogP contribution < -0.4 is 5.32 Å². The molecule has 0 aromatic carbocycles. The Morgan fingerprint density at radius 3 is 2.90 bits per heavy atom. The molecule has 1 aromatic heterocycles. The summed E-state index contributed by atoms with van der Waals surface area (Å²) in [6.07, 6.45) is 2.75. The van der Waals surface area contributed by atoms with Crippen LogP contribution >= 0.6 is 15.9 Å². The summed E-state index contributed by atoms with van der Waals surface area (Å²) < 4.78 is 5.57. The lowest BCUT2D eigenvalue weighted by atomic mass is 10.0. The number of hydrogen-bond donors (Lipinski definition) is 2. The first-order chi connectivity index (χ1) is 9.61. The molecule has 2 N–H and O–H groups in total. The minimum atomic E-state index is -0.429. The number of halogens is 1. The molecule has 7 heteroatoms. The fourth-order valence-electron chi connectivity index (χ4n) is 2.30. The van der Waals surface area contributed by atoms with Crippen LogP contribution in [-0.2, 0) is 4.79 Å². The van der Waals surface area contributed by atoms with Gasteiger partial charge in [0.05, 0.1) is 19.2 Å². The van der Waals surface area contributed by atoms with Crippen molar-refractivity contribution in [1.82, 2.24) is 10.2 Å². The summed E-state index contributed by atoms with van der Waals surface area (Å²) in [4.78, 5) is 25.5. The highest BCUT2D eigenvalue weighted by molar-refractivity contribution is 9.10. The molecule has 0 spiro atoms. The van der Waals surface area contributed by atoms with Gasteiger partial charge in [0.25, 0.3) is 5.91 Å². The van der Waals surface area contributed by atoms with Crippen molar-refractivity contribution in [2.45, 2.75) is 25.3 Å². The smallest absolute Gasteiger partial charge is 0.287 e. The zero-order chi connectivity index (χ0) is 14.5. The Kier molecular flexibility index (Phi) is 5.19. The van der Waals surface area contributed by atoms with E-state index in [0.717, 1.165) is 19.3 Å². The first-order valence-electron chi connectivity index (χ1n) is 6.55. The van der Waals surface area contributed by atoms with E-state index in [1.54, 1.807) is 11.0 Å². The standard InChI is InChI=1S/C13H17BrN2O4/c14-11-5-4-10(20-11)13(19)15-7-12(18)16-6-2-1-3-9(16)8-17/h4-5,9,17H,1-3,6-8H2,(H,15,19). The minimum absolute atomic E-state index is 0.0369. The topological polar surface area (TPSA) is 82.8 Å². The van der Waals surface area contributed by atoms with Crippen molar-refractivity contribution < 1.29 is 19.1 Å². The molecule has 2 heterocycles. The number of furan rings is 1. The summed E-state index contributed by atoms with van der Waals surface area (Å²) in [5.74, 6) is -0.452. The lowest BCUT2D eigenvalue weighted by Crippen LogP contribution is -2.49. The van der Waals surface area contributed by atoms with Gasteiger partial charge in [0.2, 0.25) is 5.91 Å². The van der Waals surface area contributed by atoms with E-state index >= 15 is 0 Å². The van der Waals surface area contributed by atoms with Crippen LogP contribution in [0.2, 0.25) is 0 Å². The quantitative estimate of drug-likeness (QED) is 0.858. The molecule has 1 fully saturated rings. The predicted octanol–water partition coefficient (Wildman–Crippen LogP) is 1.15. The molecule has 6 nitrogen and oxygen atoms in total. The van der Waals surface area contributed by atoms with Gasteiger partial charge < -0.3 is 19.7 Å². The average molecular weight is 345 g/mol. The molecule has 1 saturated heterocycles. The van der Waals surface area contributed by atoms with Crippen molar-refractivity contribution in [3.63, 3.8) is 0 Å². The maximum absolute atomic E-state index is 12.1. The third-order valence-corrected chi connectivity index (χ3v) is 3.78. The molecule has 0 bridgehead atoms. The molecule has 1 aliphatic rings. The highest BCUT2D eigenvalue weighted by Crippen LogP contribution is 2.17. The van der Waals surface area contributed by atoms with Crippen LogP contribution in [0.1, 0.15) is 29.8 Å². The van der Waals surface area contributed by atoms with Crippen LogP contribution in [0.3, 0.4) is 0 Å². The highest BCUT2D eigenvalue weighted by atomic mass is 79.9. The first-order valence-corrected chi connectivity index (χ1v) is 7.35. The number of carbonyl (C=O) groups excluding carboxylic acids is 2. The van der Waals surface area contributed by atoms with Crippen molar-refractivity contribution in [3.05, 3.63) is 22.6 Å². The number of carbonyl (C=O) groups is 2. The lowest BCUT2D eigenvalue weighted by molar-refractivity contribution is -0.134. The van der Waals surface area contributed by atoms with Gasteiger partial charge in [0.1, 0.15) is 0 Å². The van der Waals surface area contributed by atoms with Crippen molar-refractivity contribution in [3.8, 4) is 0 Å². The van der Waals surface area contributed by atoms with Gasteiger partial charge in [-0.3, -0.25) is 9.59 Å². The third kappa shape index (κ3) is 3.61. The van der Waals surface area contributed by atoms with Crippen molar-refractivity contribution in [2.24, 2.45) is 0 Å². The second kappa shape index (κ2) is 6.90. The normalized spacial score (nSPS) is 18.9. The molecular weight excluding hydrogens is 328 g/mol. The van der Waals surface area contributed by atoms with E-state index in [1.165, 1.54) is 6.07 Å². The summed E-state index contributed by atoms with van der Waals surface area (Å²) in [7, 11) is 0. The molecule has 20 heavy (non-hydrogen) atoms. The van der Waals surface area contributed by atoms with E-state index in [0.29, 0.717) is 11.2 Å².